The van der Waals surface area contributed by atoms with Gasteiger partial charge in [0, 0.05) is 24.6 Å². The van der Waals surface area contributed by atoms with E-state index in [0.717, 1.165) is 0 Å². The van der Waals surface area contributed by atoms with Crippen LogP contribution in [0.2, 0.25) is 0 Å². The second kappa shape index (κ2) is 4.87. The lowest BCUT2D eigenvalue weighted by Gasteiger charge is -2.26. The fourth-order valence-corrected chi connectivity index (χ4v) is 4.01. The Kier molecular flexibility index (Phi) is 3.66. The molecule has 6 nitrogen and oxygen atoms in total. The zero-order valence-corrected chi connectivity index (χ0v) is 13.2. The molecule has 0 bridgehead atoms. The van der Waals surface area contributed by atoms with Crippen molar-refractivity contribution in [2.75, 3.05) is 29.2 Å². The van der Waals surface area contributed by atoms with E-state index < -0.39 is 9.84 Å². The second-order valence-corrected chi connectivity index (χ2v) is 8.62. The number of aromatic nitrogens is 2. The van der Waals surface area contributed by atoms with Gasteiger partial charge in [-0.25, -0.2) is 18.4 Å². The van der Waals surface area contributed by atoms with Crippen LogP contribution in [0.3, 0.4) is 0 Å². The standard InChI is InChI=1S/C13H22N4O2S/c1-13(2,3)12-15-10(14)7-11(16-12)17(4)9-5-6-20(18,19)8-9/h7,9H,5-6,8H2,1-4H3,(H2,14,15,16). The van der Waals surface area contributed by atoms with E-state index in [1.54, 1.807) is 6.07 Å². The molecule has 20 heavy (non-hydrogen) atoms. The summed E-state index contributed by atoms with van der Waals surface area (Å²) in [7, 11) is -1.05. The third-order valence-corrected chi connectivity index (χ3v) is 5.27. The van der Waals surface area contributed by atoms with Gasteiger partial charge in [0.15, 0.2) is 9.84 Å². The molecule has 0 aliphatic carbocycles. The minimum atomic E-state index is -2.91. The summed E-state index contributed by atoms with van der Waals surface area (Å²) >= 11 is 0. The highest BCUT2D eigenvalue weighted by Gasteiger charge is 2.32. The zero-order chi connectivity index (χ0) is 15.1. The van der Waals surface area contributed by atoms with Crippen LogP contribution in [0.15, 0.2) is 6.07 Å². The average molecular weight is 298 g/mol. The van der Waals surface area contributed by atoms with Crippen molar-refractivity contribution in [3.63, 3.8) is 0 Å². The Labute approximate surface area is 120 Å². The molecule has 2 heterocycles. The van der Waals surface area contributed by atoms with Gasteiger partial charge in [-0.05, 0) is 6.42 Å². The SMILES string of the molecule is CN(c1cc(N)nc(C(C)(C)C)n1)C1CCS(=O)(=O)C1. The molecule has 1 aliphatic heterocycles. The highest BCUT2D eigenvalue weighted by Crippen LogP contribution is 2.26. The molecule has 7 heteroatoms. The molecular formula is C13H22N4O2S. The quantitative estimate of drug-likeness (QED) is 0.875. The first-order valence-corrected chi connectivity index (χ1v) is 8.49. The predicted molar refractivity (Wildman–Crippen MR) is 80.6 cm³/mol. The van der Waals surface area contributed by atoms with E-state index >= 15 is 0 Å². The first-order valence-electron chi connectivity index (χ1n) is 6.67. The van der Waals surface area contributed by atoms with Crippen LogP contribution in [0.1, 0.15) is 33.0 Å². The maximum absolute atomic E-state index is 11.6. The molecule has 1 aromatic rings. The number of nitrogens with zero attached hydrogens (tertiary/aromatic N) is 3. The first-order chi connectivity index (χ1) is 9.08. The lowest BCUT2D eigenvalue weighted by molar-refractivity contribution is 0.543. The molecule has 1 atom stereocenters. The van der Waals surface area contributed by atoms with Crippen molar-refractivity contribution < 1.29 is 8.42 Å². The lowest BCUT2D eigenvalue weighted by Crippen LogP contribution is -2.34. The summed E-state index contributed by atoms with van der Waals surface area (Å²) in [5.41, 5.74) is 5.65. The number of nitrogens with two attached hydrogens (primary N) is 1. The largest absolute Gasteiger partial charge is 0.384 e. The number of sulfone groups is 1. The van der Waals surface area contributed by atoms with Gasteiger partial charge in [0.1, 0.15) is 17.5 Å². The summed E-state index contributed by atoms with van der Waals surface area (Å²) in [5, 5.41) is 0. The molecule has 0 spiro atoms. The maximum atomic E-state index is 11.6. The van der Waals surface area contributed by atoms with Gasteiger partial charge in [-0.3, -0.25) is 0 Å². The molecule has 112 valence electrons. The van der Waals surface area contributed by atoms with Crippen molar-refractivity contribution in [2.24, 2.45) is 0 Å². The van der Waals surface area contributed by atoms with E-state index in [-0.39, 0.29) is 23.0 Å². The topological polar surface area (TPSA) is 89.2 Å². The Morgan fingerprint density at radius 2 is 2.00 bits per heavy atom. The Morgan fingerprint density at radius 1 is 1.35 bits per heavy atom. The summed E-state index contributed by atoms with van der Waals surface area (Å²) in [4.78, 5) is 10.7. The van der Waals surface area contributed by atoms with Crippen LogP contribution in [0.4, 0.5) is 11.6 Å². The van der Waals surface area contributed by atoms with Crippen LogP contribution in [0.5, 0.6) is 0 Å². The van der Waals surface area contributed by atoms with Crippen LogP contribution in [0, 0.1) is 0 Å². The molecule has 1 aliphatic rings. The van der Waals surface area contributed by atoms with Crippen molar-refractivity contribution >= 4 is 21.5 Å². The van der Waals surface area contributed by atoms with Crippen LogP contribution < -0.4 is 10.6 Å². The van der Waals surface area contributed by atoms with Crippen LogP contribution in [0.25, 0.3) is 0 Å². The summed E-state index contributed by atoms with van der Waals surface area (Å²) in [6, 6.07) is 1.65. The maximum Gasteiger partial charge on any atom is 0.152 e. The summed E-state index contributed by atoms with van der Waals surface area (Å²) in [6.45, 7) is 6.06. The normalized spacial score (nSPS) is 21.9. The van der Waals surface area contributed by atoms with Crippen LogP contribution in [-0.4, -0.2) is 43.0 Å². The number of anilines is 2. The second-order valence-electron chi connectivity index (χ2n) is 6.39. The molecule has 1 aromatic heterocycles. The highest BCUT2D eigenvalue weighted by atomic mass is 32.2. The van der Waals surface area contributed by atoms with E-state index in [2.05, 4.69) is 9.97 Å². The average Bonchev–Trinajstić information content (AvgIpc) is 2.67. The van der Waals surface area contributed by atoms with E-state index in [1.807, 2.05) is 32.7 Å². The minimum absolute atomic E-state index is 0.0397. The Bertz CT molecular complexity index is 607. The fourth-order valence-electron chi connectivity index (χ4n) is 2.24. The molecule has 0 amide bonds. The Balaban J connectivity index is 2.31. The highest BCUT2D eigenvalue weighted by molar-refractivity contribution is 7.91. The molecule has 1 fully saturated rings. The van der Waals surface area contributed by atoms with Gasteiger partial charge in [-0.2, -0.15) is 0 Å². The monoisotopic (exact) mass is 298 g/mol. The van der Waals surface area contributed by atoms with Crippen molar-refractivity contribution in [1.29, 1.82) is 0 Å². The molecule has 0 aromatic carbocycles. The zero-order valence-electron chi connectivity index (χ0n) is 12.4. The van der Waals surface area contributed by atoms with Crippen LogP contribution >= 0.6 is 0 Å². The molecule has 1 saturated heterocycles. The van der Waals surface area contributed by atoms with Gasteiger partial charge < -0.3 is 10.6 Å². The van der Waals surface area contributed by atoms with E-state index in [9.17, 15) is 8.42 Å². The van der Waals surface area contributed by atoms with Crippen molar-refractivity contribution in [2.45, 2.75) is 38.6 Å². The number of hydrogen-bond donors (Lipinski definition) is 1. The molecular weight excluding hydrogens is 276 g/mol. The molecule has 0 saturated carbocycles. The fraction of sp³-hybridized carbons (Fsp3) is 0.692. The summed E-state index contributed by atoms with van der Waals surface area (Å²) < 4.78 is 23.2. The number of hydrogen-bond acceptors (Lipinski definition) is 6. The van der Waals surface area contributed by atoms with Gasteiger partial charge in [-0.1, -0.05) is 20.8 Å². The molecule has 2 rings (SSSR count). The minimum Gasteiger partial charge on any atom is -0.384 e. The van der Waals surface area contributed by atoms with Gasteiger partial charge in [0.25, 0.3) is 0 Å². The molecule has 1 unspecified atom stereocenters. The smallest absolute Gasteiger partial charge is 0.152 e. The Hall–Kier alpha value is -1.37. The lowest BCUT2D eigenvalue weighted by atomic mass is 9.96. The summed E-state index contributed by atoms with van der Waals surface area (Å²) in [5.74, 6) is 2.19. The van der Waals surface area contributed by atoms with E-state index in [4.69, 9.17) is 5.73 Å². The number of rotatable bonds is 2. The Morgan fingerprint density at radius 3 is 2.50 bits per heavy atom. The summed E-state index contributed by atoms with van der Waals surface area (Å²) in [6.07, 6.45) is 0.633. The van der Waals surface area contributed by atoms with Crippen molar-refractivity contribution in [3.8, 4) is 0 Å². The van der Waals surface area contributed by atoms with Crippen LogP contribution in [-0.2, 0) is 15.3 Å². The van der Waals surface area contributed by atoms with E-state index in [0.29, 0.717) is 23.9 Å². The molecule has 2 N–H and O–H groups in total. The third-order valence-electron chi connectivity index (χ3n) is 3.52. The van der Waals surface area contributed by atoms with Crippen molar-refractivity contribution in [1.82, 2.24) is 9.97 Å². The number of nitrogen functional groups attached to an aromatic ring is 1. The van der Waals surface area contributed by atoms with E-state index in [1.165, 1.54) is 0 Å². The van der Waals surface area contributed by atoms with Gasteiger partial charge in [0.2, 0.25) is 0 Å². The molecule has 0 radical (unpaired) electrons. The van der Waals surface area contributed by atoms with Gasteiger partial charge >= 0.3 is 0 Å². The first kappa shape index (κ1) is 15.0. The van der Waals surface area contributed by atoms with Gasteiger partial charge in [-0.15, -0.1) is 0 Å². The van der Waals surface area contributed by atoms with Crippen molar-refractivity contribution in [3.05, 3.63) is 11.9 Å². The predicted octanol–water partition coefficient (Wildman–Crippen LogP) is 0.980. The van der Waals surface area contributed by atoms with Gasteiger partial charge in [0.05, 0.1) is 11.5 Å². The third kappa shape index (κ3) is 3.20.